The van der Waals surface area contributed by atoms with Crippen LogP contribution in [0, 0.1) is 0 Å². The van der Waals surface area contributed by atoms with E-state index in [4.69, 9.17) is 11.6 Å². The Labute approximate surface area is 85.5 Å². The van der Waals surface area contributed by atoms with Gasteiger partial charge in [0.15, 0.2) is 0 Å². The van der Waals surface area contributed by atoms with Crippen molar-refractivity contribution in [2.45, 2.75) is 6.54 Å². The molecule has 0 aliphatic heterocycles. The number of halogens is 1. The molecule has 2 heterocycles. The second-order valence-electron chi connectivity index (χ2n) is 2.68. The lowest BCUT2D eigenvalue weighted by Gasteiger charge is -2.01. The van der Waals surface area contributed by atoms with E-state index in [1.165, 1.54) is 6.33 Å². The fourth-order valence-corrected chi connectivity index (χ4v) is 1.10. The van der Waals surface area contributed by atoms with Gasteiger partial charge >= 0.3 is 0 Å². The van der Waals surface area contributed by atoms with Gasteiger partial charge in [0, 0.05) is 12.7 Å². The van der Waals surface area contributed by atoms with Gasteiger partial charge in [-0.25, -0.2) is 15.1 Å². The van der Waals surface area contributed by atoms with E-state index in [0.717, 1.165) is 5.56 Å². The van der Waals surface area contributed by atoms with E-state index in [0.29, 0.717) is 17.6 Å². The molecule has 0 aromatic carbocycles. The van der Waals surface area contributed by atoms with Gasteiger partial charge in [0.25, 0.3) is 0 Å². The number of aromatic nitrogens is 4. The molecule has 6 heteroatoms. The van der Waals surface area contributed by atoms with Crippen LogP contribution >= 0.6 is 11.6 Å². The molecule has 0 saturated heterocycles. The Hall–Kier alpha value is -1.62. The van der Waals surface area contributed by atoms with Crippen molar-refractivity contribution in [3.8, 4) is 0 Å². The van der Waals surface area contributed by atoms with Crippen molar-refractivity contribution >= 4 is 17.5 Å². The Kier molecular flexibility index (Phi) is 2.60. The summed E-state index contributed by atoms with van der Waals surface area (Å²) in [6, 6.07) is 3.65. The summed E-state index contributed by atoms with van der Waals surface area (Å²) in [5.41, 5.74) is 1.03. The highest BCUT2D eigenvalue weighted by Crippen LogP contribution is 2.06. The predicted molar refractivity (Wildman–Crippen MR) is 53.0 cm³/mol. The maximum Gasteiger partial charge on any atom is 0.218 e. The number of pyridine rings is 1. The summed E-state index contributed by atoms with van der Waals surface area (Å²) in [5.74, 6) is 0.639. The van der Waals surface area contributed by atoms with Crippen molar-refractivity contribution in [2.75, 3.05) is 5.32 Å². The lowest BCUT2D eigenvalue weighted by Crippen LogP contribution is -2.01. The first-order chi connectivity index (χ1) is 6.84. The predicted octanol–water partition coefficient (Wildman–Crippen LogP) is 1.47. The second-order valence-corrected chi connectivity index (χ2v) is 3.06. The van der Waals surface area contributed by atoms with Crippen LogP contribution in [0.3, 0.4) is 0 Å². The third-order valence-electron chi connectivity index (χ3n) is 1.66. The molecule has 2 aromatic heterocycles. The molecule has 2 rings (SSSR count). The number of anilines is 1. The summed E-state index contributed by atoms with van der Waals surface area (Å²) < 4.78 is 0. The number of aromatic amines is 1. The van der Waals surface area contributed by atoms with Crippen molar-refractivity contribution in [2.24, 2.45) is 0 Å². The molecule has 0 radical (unpaired) electrons. The van der Waals surface area contributed by atoms with Crippen molar-refractivity contribution in [1.29, 1.82) is 0 Å². The number of H-pyrrole nitrogens is 1. The van der Waals surface area contributed by atoms with Crippen LogP contribution in [0.2, 0.25) is 5.15 Å². The Bertz CT molecular complexity index is 383. The second kappa shape index (κ2) is 4.06. The minimum absolute atomic E-state index is 0.494. The maximum atomic E-state index is 5.65. The Balaban J connectivity index is 1.95. The first kappa shape index (κ1) is 8.96. The monoisotopic (exact) mass is 209 g/mol. The summed E-state index contributed by atoms with van der Waals surface area (Å²) in [4.78, 5) is 7.88. The van der Waals surface area contributed by atoms with Gasteiger partial charge < -0.3 is 5.32 Å². The maximum absolute atomic E-state index is 5.65. The van der Waals surface area contributed by atoms with E-state index in [1.807, 2.05) is 6.07 Å². The van der Waals surface area contributed by atoms with Gasteiger partial charge in [-0.05, 0) is 11.6 Å². The van der Waals surface area contributed by atoms with Crippen molar-refractivity contribution in [3.63, 3.8) is 0 Å². The van der Waals surface area contributed by atoms with Crippen LogP contribution in [0.5, 0.6) is 0 Å². The van der Waals surface area contributed by atoms with Gasteiger partial charge in [-0.2, -0.15) is 5.10 Å². The normalized spacial score (nSPS) is 10.1. The van der Waals surface area contributed by atoms with Crippen LogP contribution in [0.1, 0.15) is 5.56 Å². The number of rotatable bonds is 3. The van der Waals surface area contributed by atoms with Crippen molar-refractivity contribution < 1.29 is 0 Å². The fraction of sp³-hybridized carbons (Fsp3) is 0.125. The van der Waals surface area contributed by atoms with E-state index in [1.54, 1.807) is 12.3 Å². The molecule has 0 spiro atoms. The number of nitrogens with zero attached hydrogens (tertiary/aromatic N) is 3. The molecule has 0 unspecified atom stereocenters. The zero-order valence-corrected chi connectivity index (χ0v) is 7.99. The lowest BCUT2D eigenvalue weighted by atomic mass is 10.3. The van der Waals surface area contributed by atoms with Crippen LogP contribution < -0.4 is 5.32 Å². The van der Waals surface area contributed by atoms with Crippen LogP contribution in [0.25, 0.3) is 0 Å². The lowest BCUT2D eigenvalue weighted by molar-refractivity contribution is 1.03. The minimum Gasteiger partial charge on any atom is -0.350 e. The molecule has 5 nitrogen and oxygen atoms in total. The summed E-state index contributed by atoms with van der Waals surface area (Å²) >= 11 is 5.65. The Morgan fingerprint density at radius 2 is 2.29 bits per heavy atom. The highest BCUT2D eigenvalue weighted by atomic mass is 35.5. The van der Waals surface area contributed by atoms with Gasteiger partial charge in [0.05, 0.1) is 0 Å². The molecule has 0 bridgehead atoms. The first-order valence-corrected chi connectivity index (χ1v) is 4.42. The average Bonchev–Trinajstić information content (AvgIpc) is 2.70. The SMILES string of the molecule is Clc1ccc(CNc2ncn[nH]2)cn1. The van der Waals surface area contributed by atoms with Gasteiger partial charge in [-0.15, -0.1) is 0 Å². The number of nitrogens with one attached hydrogen (secondary N) is 2. The summed E-state index contributed by atoms with van der Waals surface area (Å²) in [6.07, 6.45) is 3.16. The molecule has 2 aromatic rings. The molecule has 0 aliphatic carbocycles. The molecular weight excluding hydrogens is 202 g/mol. The number of hydrogen-bond donors (Lipinski definition) is 2. The molecule has 2 N–H and O–H groups in total. The van der Waals surface area contributed by atoms with E-state index in [-0.39, 0.29) is 0 Å². The highest BCUT2D eigenvalue weighted by molar-refractivity contribution is 6.29. The molecular formula is C8H8ClN5. The Morgan fingerprint density at radius 1 is 1.36 bits per heavy atom. The fourth-order valence-electron chi connectivity index (χ4n) is 0.987. The summed E-state index contributed by atoms with van der Waals surface area (Å²) in [7, 11) is 0. The zero-order valence-electron chi connectivity index (χ0n) is 7.24. The minimum atomic E-state index is 0.494. The standard InChI is InChI=1S/C8H8ClN5/c9-7-2-1-6(3-10-7)4-11-8-12-5-13-14-8/h1-3,5H,4H2,(H2,11,12,13,14). The van der Waals surface area contributed by atoms with E-state index >= 15 is 0 Å². The van der Waals surface area contributed by atoms with E-state index in [9.17, 15) is 0 Å². The van der Waals surface area contributed by atoms with Gasteiger partial charge in [0.2, 0.25) is 5.95 Å². The molecule has 0 amide bonds. The van der Waals surface area contributed by atoms with Crippen molar-refractivity contribution in [1.82, 2.24) is 20.2 Å². The van der Waals surface area contributed by atoms with Gasteiger partial charge in [-0.1, -0.05) is 17.7 Å². The summed E-state index contributed by atoms with van der Waals surface area (Å²) in [5, 5.41) is 9.96. The molecule has 0 atom stereocenters. The topological polar surface area (TPSA) is 66.5 Å². The number of hydrogen-bond acceptors (Lipinski definition) is 4. The van der Waals surface area contributed by atoms with Crippen LogP contribution in [-0.2, 0) is 6.54 Å². The molecule has 0 fully saturated rings. The van der Waals surface area contributed by atoms with Crippen LogP contribution in [0.4, 0.5) is 5.95 Å². The van der Waals surface area contributed by atoms with Gasteiger partial charge in [-0.3, -0.25) is 0 Å². The molecule has 72 valence electrons. The van der Waals surface area contributed by atoms with E-state index < -0.39 is 0 Å². The van der Waals surface area contributed by atoms with Crippen LogP contribution in [0.15, 0.2) is 24.7 Å². The van der Waals surface area contributed by atoms with Crippen LogP contribution in [-0.4, -0.2) is 20.2 Å². The quantitative estimate of drug-likeness (QED) is 0.752. The molecule has 0 saturated carbocycles. The molecule has 0 aliphatic rings. The first-order valence-electron chi connectivity index (χ1n) is 4.04. The van der Waals surface area contributed by atoms with Crippen molar-refractivity contribution in [3.05, 3.63) is 35.4 Å². The summed E-state index contributed by atoms with van der Waals surface area (Å²) in [6.45, 7) is 0.638. The third kappa shape index (κ3) is 2.20. The third-order valence-corrected chi connectivity index (χ3v) is 1.89. The molecule has 14 heavy (non-hydrogen) atoms. The van der Waals surface area contributed by atoms with Gasteiger partial charge in [0.1, 0.15) is 11.5 Å². The smallest absolute Gasteiger partial charge is 0.218 e. The Morgan fingerprint density at radius 3 is 2.93 bits per heavy atom. The largest absolute Gasteiger partial charge is 0.350 e. The zero-order chi connectivity index (χ0) is 9.80. The van der Waals surface area contributed by atoms with E-state index in [2.05, 4.69) is 25.5 Å². The average molecular weight is 210 g/mol. The highest BCUT2D eigenvalue weighted by Gasteiger charge is 1.96.